The van der Waals surface area contributed by atoms with Crippen molar-refractivity contribution < 1.29 is 0 Å². The van der Waals surface area contributed by atoms with Gasteiger partial charge in [-0.05, 0) is 85.0 Å². The van der Waals surface area contributed by atoms with Crippen LogP contribution >= 0.6 is 0 Å². The summed E-state index contributed by atoms with van der Waals surface area (Å²) in [5, 5.41) is 7.10. The van der Waals surface area contributed by atoms with Crippen molar-refractivity contribution in [2.75, 3.05) is 10.6 Å². The number of hydrogen-bond donors (Lipinski definition) is 2. The fourth-order valence-corrected chi connectivity index (χ4v) is 12.0. The Morgan fingerprint density at radius 2 is 0.420 bits per heavy atom. The van der Waals surface area contributed by atoms with Crippen molar-refractivity contribution in [3.63, 3.8) is 0 Å². The maximum Gasteiger partial charge on any atom is 0.232 e. The van der Waals surface area contributed by atoms with Crippen LogP contribution in [0.3, 0.4) is 0 Å². The molecule has 0 saturated heterocycles. The summed E-state index contributed by atoms with van der Waals surface area (Å²) in [6.45, 7) is 6.92. The van der Waals surface area contributed by atoms with E-state index in [0.717, 1.165) is 36.5 Å². The number of hydrogen-bond acceptors (Lipinski definition) is 5. The molecule has 0 spiro atoms. The van der Waals surface area contributed by atoms with Crippen molar-refractivity contribution >= 4 is 23.3 Å². The molecule has 0 fully saturated rings. The number of aromatic nitrogens is 3. The van der Waals surface area contributed by atoms with E-state index in [1.165, 1.54) is 330 Å². The minimum atomic E-state index is 0.577. The summed E-state index contributed by atoms with van der Waals surface area (Å²) < 4.78 is 0. The minimum Gasteiger partial charge on any atom is -0.324 e. The molecule has 5 heteroatoms. The van der Waals surface area contributed by atoms with Crippen LogP contribution in [0.25, 0.3) is 0 Å². The third kappa shape index (κ3) is 38.7. The van der Waals surface area contributed by atoms with Crippen LogP contribution in [0.4, 0.5) is 23.3 Å². The standard InChI is InChI=1S/C76H127N5/c1-4-7-10-13-16-19-22-25-28-31-34-37-40-43-46-49-52-68-55-57-71(58-56-68)67-74-79-75(77-72-63-59-69(60-64-72)53-50-47-44-41-38-35-32-29-26-23-20-17-14-11-8-5-2)81-76(80-74)78-73-65-61-70(62-66-73)54-51-48-45-42-39-36-33-30-27-24-21-18-15-12-9-6-3/h55-66H,4-54,67H2,1-3H3,(H2,77,78,79,80,81). The summed E-state index contributed by atoms with van der Waals surface area (Å²) in [6, 6.07) is 27.1. The van der Waals surface area contributed by atoms with Gasteiger partial charge in [-0.25, -0.2) is 0 Å². The van der Waals surface area contributed by atoms with E-state index in [2.05, 4.69) is 104 Å². The molecule has 0 unspecified atom stereocenters. The highest BCUT2D eigenvalue weighted by atomic mass is 15.2. The maximum absolute atomic E-state index is 4.99. The molecule has 456 valence electrons. The Hall–Kier alpha value is -3.73. The van der Waals surface area contributed by atoms with E-state index < -0.39 is 0 Å². The molecule has 5 nitrogen and oxygen atoms in total. The molecule has 0 saturated carbocycles. The lowest BCUT2D eigenvalue weighted by Gasteiger charge is -2.12. The summed E-state index contributed by atoms with van der Waals surface area (Å²) in [4.78, 5) is 14.9. The second-order valence-corrected chi connectivity index (χ2v) is 25.2. The second kappa shape index (κ2) is 50.8. The van der Waals surface area contributed by atoms with Gasteiger partial charge >= 0.3 is 0 Å². The predicted molar refractivity (Wildman–Crippen MR) is 358 cm³/mol. The van der Waals surface area contributed by atoms with Gasteiger partial charge in [-0.1, -0.05) is 358 Å². The first-order valence-corrected chi connectivity index (χ1v) is 35.7. The molecule has 0 amide bonds. The monoisotopic (exact) mass is 1110 g/mol. The summed E-state index contributed by atoms with van der Waals surface area (Å²) in [5.41, 5.74) is 7.48. The van der Waals surface area contributed by atoms with Crippen LogP contribution in [0.2, 0.25) is 0 Å². The fraction of sp³-hybridized carbons (Fsp3) is 0.724. The molecular formula is C76H127N5. The van der Waals surface area contributed by atoms with Crippen molar-refractivity contribution in [3.05, 3.63) is 101 Å². The van der Waals surface area contributed by atoms with Gasteiger partial charge in [0.05, 0.1) is 0 Å². The Morgan fingerprint density at radius 3 is 0.654 bits per heavy atom. The maximum atomic E-state index is 4.99. The van der Waals surface area contributed by atoms with Gasteiger partial charge in [0.25, 0.3) is 0 Å². The van der Waals surface area contributed by atoms with Gasteiger partial charge in [0.15, 0.2) is 0 Å². The summed E-state index contributed by atoms with van der Waals surface area (Å²) >= 11 is 0. The summed E-state index contributed by atoms with van der Waals surface area (Å²) in [5.74, 6) is 1.92. The third-order valence-electron chi connectivity index (χ3n) is 17.4. The predicted octanol–water partition coefficient (Wildman–Crippen LogP) is 25.4. The summed E-state index contributed by atoms with van der Waals surface area (Å²) in [6.07, 6.45) is 71.6. The Balaban J connectivity index is 1.18. The molecular weight excluding hydrogens is 983 g/mol. The highest BCUT2D eigenvalue weighted by Crippen LogP contribution is 2.24. The van der Waals surface area contributed by atoms with Crippen LogP contribution in [0.1, 0.15) is 357 Å². The van der Waals surface area contributed by atoms with Crippen molar-refractivity contribution in [2.24, 2.45) is 0 Å². The molecule has 0 bridgehead atoms. The van der Waals surface area contributed by atoms with Crippen molar-refractivity contribution in [1.82, 2.24) is 15.0 Å². The number of benzene rings is 3. The van der Waals surface area contributed by atoms with Crippen LogP contribution in [0.5, 0.6) is 0 Å². The zero-order valence-corrected chi connectivity index (χ0v) is 53.5. The number of rotatable bonds is 57. The van der Waals surface area contributed by atoms with Crippen LogP contribution in [-0.4, -0.2) is 15.0 Å². The van der Waals surface area contributed by atoms with Crippen LogP contribution in [0.15, 0.2) is 72.8 Å². The number of anilines is 4. The average Bonchev–Trinajstić information content (AvgIpc) is 3.49. The van der Waals surface area contributed by atoms with Crippen molar-refractivity contribution in [2.45, 2.75) is 355 Å². The average molecular weight is 1110 g/mol. The molecule has 0 aliphatic rings. The Labute approximate surface area is 501 Å². The first kappa shape index (κ1) is 69.8. The Bertz CT molecular complexity index is 1730. The van der Waals surface area contributed by atoms with E-state index in [9.17, 15) is 0 Å². The van der Waals surface area contributed by atoms with E-state index in [1.807, 2.05) is 0 Å². The van der Waals surface area contributed by atoms with Gasteiger partial charge in [-0.3, -0.25) is 0 Å². The molecule has 81 heavy (non-hydrogen) atoms. The van der Waals surface area contributed by atoms with E-state index in [-0.39, 0.29) is 0 Å². The number of nitrogens with zero attached hydrogens (tertiary/aromatic N) is 3. The fourth-order valence-electron chi connectivity index (χ4n) is 12.0. The quantitative estimate of drug-likeness (QED) is 0.0432. The second-order valence-electron chi connectivity index (χ2n) is 25.2. The lowest BCUT2D eigenvalue weighted by molar-refractivity contribution is 0.529. The van der Waals surface area contributed by atoms with E-state index in [0.29, 0.717) is 18.3 Å². The minimum absolute atomic E-state index is 0.577. The highest BCUT2D eigenvalue weighted by Gasteiger charge is 2.11. The van der Waals surface area contributed by atoms with Gasteiger partial charge in [0.2, 0.25) is 11.9 Å². The molecule has 0 radical (unpaired) electrons. The van der Waals surface area contributed by atoms with Crippen molar-refractivity contribution in [3.8, 4) is 0 Å². The lowest BCUT2D eigenvalue weighted by atomic mass is 10.0. The van der Waals surface area contributed by atoms with Crippen LogP contribution < -0.4 is 10.6 Å². The number of aryl methyl sites for hydroxylation is 3. The number of nitrogens with one attached hydrogen (secondary N) is 2. The zero-order chi connectivity index (χ0) is 57.0. The molecule has 0 aliphatic heterocycles. The molecule has 1 aromatic heterocycles. The Morgan fingerprint density at radius 1 is 0.222 bits per heavy atom. The SMILES string of the molecule is CCCCCCCCCCCCCCCCCCc1ccc(Cc2nc(Nc3ccc(CCCCCCCCCCCCCCCCCC)cc3)nc(Nc3ccc(CCCCCCCCCCCCCCCCCC)cc3)n2)cc1. The molecule has 1 heterocycles. The van der Waals surface area contributed by atoms with Crippen LogP contribution in [0, 0.1) is 0 Å². The lowest BCUT2D eigenvalue weighted by Crippen LogP contribution is -2.08. The van der Waals surface area contributed by atoms with Crippen molar-refractivity contribution in [1.29, 1.82) is 0 Å². The van der Waals surface area contributed by atoms with Gasteiger partial charge < -0.3 is 10.6 Å². The summed E-state index contributed by atoms with van der Waals surface area (Å²) in [7, 11) is 0. The topological polar surface area (TPSA) is 62.7 Å². The molecule has 2 N–H and O–H groups in total. The molecule has 4 aromatic rings. The molecule has 0 atom stereocenters. The van der Waals surface area contributed by atoms with Gasteiger partial charge in [0, 0.05) is 17.8 Å². The molecule has 4 rings (SSSR count). The van der Waals surface area contributed by atoms with E-state index >= 15 is 0 Å². The van der Waals surface area contributed by atoms with E-state index in [4.69, 9.17) is 15.0 Å². The molecule has 3 aromatic carbocycles. The van der Waals surface area contributed by atoms with Gasteiger partial charge in [-0.2, -0.15) is 15.0 Å². The zero-order valence-electron chi connectivity index (χ0n) is 53.5. The van der Waals surface area contributed by atoms with Gasteiger partial charge in [-0.15, -0.1) is 0 Å². The highest BCUT2D eigenvalue weighted by molar-refractivity contribution is 5.58. The smallest absolute Gasteiger partial charge is 0.232 e. The largest absolute Gasteiger partial charge is 0.324 e. The number of unbranched alkanes of at least 4 members (excludes halogenated alkanes) is 45. The third-order valence-corrected chi connectivity index (χ3v) is 17.4. The Kier molecular flexibility index (Phi) is 43.7. The first-order chi connectivity index (χ1) is 40.1. The first-order valence-electron chi connectivity index (χ1n) is 35.7. The van der Waals surface area contributed by atoms with Crippen LogP contribution in [-0.2, 0) is 25.7 Å². The normalized spacial score (nSPS) is 11.5. The van der Waals surface area contributed by atoms with Gasteiger partial charge in [0.1, 0.15) is 5.82 Å². The molecule has 0 aliphatic carbocycles. The van der Waals surface area contributed by atoms with E-state index in [1.54, 1.807) is 0 Å².